The zero-order chi connectivity index (χ0) is 24.9. The molecule has 36 heavy (non-hydrogen) atoms. The van der Waals surface area contributed by atoms with Gasteiger partial charge in [-0.05, 0) is 118 Å². The summed E-state index contributed by atoms with van der Waals surface area (Å²) in [6, 6.07) is 13.1. The molecule has 4 saturated carbocycles. The number of carbonyl (C=O) groups is 1. The first-order valence-corrected chi connectivity index (χ1v) is 13.2. The van der Waals surface area contributed by atoms with Crippen molar-refractivity contribution in [1.29, 1.82) is 0 Å². The van der Waals surface area contributed by atoms with E-state index in [1.165, 1.54) is 44.1 Å². The molecule has 7 rings (SSSR count). The number of carboxylic acid groups (broad SMARTS) is 1. The van der Waals surface area contributed by atoms with Crippen LogP contribution in [0.1, 0.15) is 79.4 Å². The normalized spacial score (nSPS) is 31.6. The molecule has 5 aliphatic rings. The van der Waals surface area contributed by atoms with Crippen molar-refractivity contribution in [2.75, 3.05) is 13.2 Å². The summed E-state index contributed by atoms with van der Waals surface area (Å²) in [6.07, 6.45) is 7.85. The molecule has 0 aromatic heterocycles. The van der Waals surface area contributed by atoms with Crippen molar-refractivity contribution in [1.82, 2.24) is 0 Å². The standard InChI is InChI=1S/C31H34O5/c1-30(2)35-19-26(36-30)18-34-28-10-7-21(4-3-20-5-8-25(9-6-20)29(32)33)14-27(28)31-15-22-11-23(16-31)13-24(12-22)17-31/h5-10,14,22-24,26H,11-13,15-19H2,1-2H3,(H,32,33). The predicted molar refractivity (Wildman–Crippen MR) is 136 cm³/mol. The molecule has 4 aliphatic carbocycles. The van der Waals surface area contributed by atoms with Gasteiger partial charge >= 0.3 is 5.97 Å². The van der Waals surface area contributed by atoms with Crippen LogP contribution in [0, 0.1) is 29.6 Å². The molecule has 188 valence electrons. The highest BCUT2D eigenvalue weighted by atomic mass is 16.7. The van der Waals surface area contributed by atoms with E-state index < -0.39 is 11.8 Å². The Morgan fingerprint density at radius 1 is 0.972 bits per heavy atom. The third-order valence-electron chi connectivity index (χ3n) is 8.56. The van der Waals surface area contributed by atoms with Gasteiger partial charge in [0.1, 0.15) is 18.5 Å². The van der Waals surface area contributed by atoms with Crippen LogP contribution < -0.4 is 4.74 Å². The van der Waals surface area contributed by atoms with E-state index >= 15 is 0 Å². The fourth-order valence-electron chi connectivity index (χ4n) is 7.46. The average Bonchev–Trinajstić information content (AvgIpc) is 3.19. The summed E-state index contributed by atoms with van der Waals surface area (Å²) in [5, 5.41) is 9.13. The SMILES string of the molecule is CC1(C)OCC(COc2ccc(C#Cc3ccc(C(=O)O)cc3)cc2C23CC4CC(CC(C4)C2)C3)O1. The molecule has 1 atom stereocenters. The molecule has 2 aromatic rings. The number of ether oxygens (including phenoxy) is 3. The Labute approximate surface area is 213 Å². The van der Waals surface area contributed by atoms with Crippen LogP contribution in [-0.2, 0) is 14.9 Å². The Hall–Kier alpha value is -2.81. The molecule has 5 heteroatoms. The Morgan fingerprint density at radius 2 is 1.58 bits per heavy atom. The van der Waals surface area contributed by atoms with Crippen LogP contribution in [0.5, 0.6) is 5.75 Å². The first-order valence-electron chi connectivity index (χ1n) is 13.2. The van der Waals surface area contributed by atoms with Crippen molar-refractivity contribution in [3.63, 3.8) is 0 Å². The van der Waals surface area contributed by atoms with Crippen molar-refractivity contribution in [3.8, 4) is 17.6 Å². The smallest absolute Gasteiger partial charge is 0.335 e. The lowest BCUT2D eigenvalue weighted by Gasteiger charge is -2.57. The second kappa shape index (κ2) is 8.94. The van der Waals surface area contributed by atoms with E-state index in [2.05, 4.69) is 24.0 Å². The highest BCUT2D eigenvalue weighted by Crippen LogP contribution is 2.62. The zero-order valence-electron chi connectivity index (χ0n) is 21.1. The maximum atomic E-state index is 11.1. The first-order chi connectivity index (χ1) is 17.3. The minimum Gasteiger partial charge on any atom is -0.490 e. The summed E-state index contributed by atoms with van der Waals surface area (Å²) in [4.78, 5) is 11.1. The van der Waals surface area contributed by atoms with E-state index in [-0.39, 0.29) is 17.1 Å². The molecule has 5 fully saturated rings. The van der Waals surface area contributed by atoms with Gasteiger partial charge in [-0.3, -0.25) is 0 Å². The molecule has 1 N–H and O–H groups in total. The van der Waals surface area contributed by atoms with E-state index in [1.807, 2.05) is 19.9 Å². The van der Waals surface area contributed by atoms with Gasteiger partial charge in [0.15, 0.2) is 5.79 Å². The van der Waals surface area contributed by atoms with Gasteiger partial charge in [0.05, 0.1) is 12.2 Å². The maximum Gasteiger partial charge on any atom is 0.335 e. The van der Waals surface area contributed by atoms with Gasteiger partial charge in [0.2, 0.25) is 0 Å². The van der Waals surface area contributed by atoms with E-state index in [1.54, 1.807) is 24.3 Å². The lowest BCUT2D eigenvalue weighted by atomic mass is 9.48. The van der Waals surface area contributed by atoms with Crippen LogP contribution in [0.3, 0.4) is 0 Å². The fourth-order valence-corrected chi connectivity index (χ4v) is 7.46. The second-order valence-electron chi connectivity index (χ2n) is 11.8. The summed E-state index contributed by atoms with van der Waals surface area (Å²) in [5.41, 5.74) is 3.53. The Kier molecular flexibility index (Phi) is 5.85. The van der Waals surface area contributed by atoms with Crippen LogP contribution in [0.25, 0.3) is 0 Å². The van der Waals surface area contributed by atoms with Crippen LogP contribution in [0.4, 0.5) is 0 Å². The molecule has 1 unspecified atom stereocenters. The molecule has 2 aromatic carbocycles. The van der Waals surface area contributed by atoms with E-state index in [0.29, 0.717) is 13.2 Å². The van der Waals surface area contributed by atoms with Crippen molar-refractivity contribution in [2.24, 2.45) is 17.8 Å². The van der Waals surface area contributed by atoms with Crippen molar-refractivity contribution in [2.45, 2.75) is 69.7 Å². The maximum absolute atomic E-state index is 11.1. The van der Waals surface area contributed by atoms with Gasteiger partial charge in [0.25, 0.3) is 0 Å². The molecule has 5 nitrogen and oxygen atoms in total. The van der Waals surface area contributed by atoms with E-state index in [9.17, 15) is 4.79 Å². The molecule has 0 amide bonds. The van der Waals surface area contributed by atoms with Crippen molar-refractivity contribution < 1.29 is 24.1 Å². The van der Waals surface area contributed by atoms with E-state index in [4.69, 9.17) is 19.3 Å². The third-order valence-corrected chi connectivity index (χ3v) is 8.56. The number of aromatic carboxylic acids is 1. The lowest BCUT2D eigenvalue weighted by Crippen LogP contribution is -2.48. The monoisotopic (exact) mass is 486 g/mol. The zero-order valence-corrected chi connectivity index (χ0v) is 21.1. The van der Waals surface area contributed by atoms with Gasteiger partial charge in [-0.15, -0.1) is 0 Å². The Balaban J connectivity index is 1.29. The second-order valence-corrected chi connectivity index (χ2v) is 11.8. The number of rotatable bonds is 5. The molecular formula is C31H34O5. The van der Waals surface area contributed by atoms with Crippen molar-refractivity contribution in [3.05, 3.63) is 64.7 Å². The molecule has 0 radical (unpaired) electrons. The van der Waals surface area contributed by atoms with Crippen LogP contribution >= 0.6 is 0 Å². The molecule has 1 saturated heterocycles. The molecule has 1 heterocycles. The van der Waals surface area contributed by atoms with Gasteiger partial charge in [-0.2, -0.15) is 0 Å². The summed E-state index contributed by atoms with van der Waals surface area (Å²) in [6.45, 7) is 4.90. The molecule has 1 aliphatic heterocycles. The predicted octanol–water partition coefficient (Wildman–Crippen LogP) is 5.78. The Bertz CT molecular complexity index is 1180. The Morgan fingerprint density at radius 3 is 2.17 bits per heavy atom. The summed E-state index contributed by atoms with van der Waals surface area (Å²) < 4.78 is 18.2. The number of hydrogen-bond acceptors (Lipinski definition) is 4. The summed E-state index contributed by atoms with van der Waals surface area (Å²) in [5.74, 6) is 8.51. The summed E-state index contributed by atoms with van der Waals surface area (Å²) >= 11 is 0. The van der Waals surface area contributed by atoms with Gasteiger partial charge in [-0.1, -0.05) is 11.8 Å². The average molecular weight is 487 g/mol. The van der Waals surface area contributed by atoms with Crippen molar-refractivity contribution >= 4 is 5.97 Å². The lowest BCUT2D eigenvalue weighted by molar-refractivity contribution is -0.141. The van der Waals surface area contributed by atoms with Gasteiger partial charge < -0.3 is 19.3 Å². The largest absolute Gasteiger partial charge is 0.490 e. The fraction of sp³-hybridized carbons (Fsp3) is 0.516. The topological polar surface area (TPSA) is 65.0 Å². The summed E-state index contributed by atoms with van der Waals surface area (Å²) in [7, 11) is 0. The number of hydrogen-bond donors (Lipinski definition) is 1. The van der Waals surface area contributed by atoms with Crippen LogP contribution in [0.15, 0.2) is 42.5 Å². The van der Waals surface area contributed by atoms with Crippen LogP contribution in [0.2, 0.25) is 0 Å². The number of carboxylic acids is 1. The first kappa shape index (κ1) is 23.6. The molecular weight excluding hydrogens is 452 g/mol. The van der Waals surface area contributed by atoms with Gasteiger partial charge in [0, 0.05) is 16.7 Å². The molecule has 4 bridgehead atoms. The minimum absolute atomic E-state index is 0.0718. The van der Waals surface area contributed by atoms with E-state index in [0.717, 1.165) is 34.6 Å². The van der Waals surface area contributed by atoms with Gasteiger partial charge in [-0.25, -0.2) is 4.79 Å². The minimum atomic E-state index is -0.927. The highest BCUT2D eigenvalue weighted by Gasteiger charge is 2.52. The highest BCUT2D eigenvalue weighted by molar-refractivity contribution is 5.87. The quantitative estimate of drug-likeness (QED) is 0.543. The van der Waals surface area contributed by atoms with Crippen LogP contribution in [-0.4, -0.2) is 36.2 Å². The number of benzene rings is 2. The third kappa shape index (κ3) is 4.65. The molecule has 0 spiro atoms.